The molecule has 9 nitrogen and oxygen atoms in total. The minimum Gasteiger partial charge on any atom is -0.489 e. The van der Waals surface area contributed by atoms with Gasteiger partial charge in [0, 0.05) is 13.2 Å². The van der Waals surface area contributed by atoms with Crippen LogP contribution in [0.15, 0.2) is 30.5 Å². The fraction of sp³-hybridized carbons (Fsp3) is 0.500. The van der Waals surface area contributed by atoms with E-state index in [1.807, 2.05) is 32.3 Å². The number of aromatic nitrogens is 5. The number of methoxy groups -OCH3 is 1. The second kappa shape index (κ2) is 10.0. The van der Waals surface area contributed by atoms with E-state index in [0.717, 1.165) is 53.6 Å². The molecule has 2 aliphatic carbocycles. The lowest BCUT2D eigenvalue weighted by molar-refractivity contribution is -0.147. The Morgan fingerprint density at radius 3 is 2.83 bits per heavy atom. The Morgan fingerprint density at radius 1 is 1.20 bits per heavy atom. The lowest BCUT2D eigenvalue weighted by atomic mass is 9.87. The Balaban J connectivity index is 1.28. The number of esters is 1. The minimum atomic E-state index is -0.151. The number of aryl methyl sites for hydroxylation is 2. The molecule has 0 spiro atoms. The van der Waals surface area contributed by atoms with Gasteiger partial charge in [-0.1, -0.05) is 5.21 Å². The average Bonchev–Trinajstić information content (AvgIpc) is 3.67. The van der Waals surface area contributed by atoms with E-state index in [2.05, 4.69) is 32.7 Å². The van der Waals surface area contributed by atoms with Crippen LogP contribution >= 0.6 is 0 Å². The molecular formula is C26H32N6O3. The van der Waals surface area contributed by atoms with Crippen molar-refractivity contribution in [1.82, 2.24) is 25.0 Å². The third-order valence-corrected chi connectivity index (χ3v) is 6.95. The molecule has 1 N–H and O–H groups in total. The van der Waals surface area contributed by atoms with Crippen LogP contribution < -0.4 is 10.1 Å². The number of carbonyl (C=O) groups is 1. The van der Waals surface area contributed by atoms with Gasteiger partial charge in [-0.25, -0.2) is 14.6 Å². The molecule has 0 amide bonds. The van der Waals surface area contributed by atoms with E-state index in [1.165, 1.54) is 25.5 Å². The molecule has 0 aromatic carbocycles. The normalized spacial score (nSPS) is 19.9. The molecular weight excluding hydrogens is 444 g/mol. The zero-order chi connectivity index (χ0) is 24.4. The number of nitrogens with zero attached hydrogens (tertiary/aromatic N) is 5. The molecule has 2 saturated carbocycles. The molecule has 5 rings (SSSR count). The first kappa shape index (κ1) is 23.3. The average molecular weight is 477 g/mol. The Hall–Kier alpha value is -3.49. The number of hydrogen-bond acceptors (Lipinski definition) is 8. The third kappa shape index (κ3) is 5.28. The van der Waals surface area contributed by atoms with Crippen LogP contribution in [0.5, 0.6) is 5.75 Å². The van der Waals surface area contributed by atoms with Crippen molar-refractivity contribution in [2.75, 3.05) is 12.4 Å². The van der Waals surface area contributed by atoms with Crippen molar-refractivity contribution in [2.45, 2.75) is 64.0 Å². The number of pyridine rings is 2. The molecule has 2 fully saturated rings. The third-order valence-electron chi connectivity index (χ3n) is 6.95. The summed E-state index contributed by atoms with van der Waals surface area (Å²) < 4.78 is 12.9. The highest BCUT2D eigenvalue weighted by molar-refractivity contribution is 5.72. The van der Waals surface area contributed by atoms with Crippen molar-refractivity contribution in [3.8, 4) is 17.1 Å². The summed E-state index contributed by atoms with van der Waals surface area (Å²) in [4.78, 5) is 21.2. The molecule has 35 heavy (non-hydrogen) atoms. The SMILES string of the molecule is COC(=O)[C@H]1CCC[C@H](Oc2ccc(-c3nnn(C)c3CNc3cc(C4CC4)ccn3)nc2C)C1. The molecule has 0 saturated heterocycles. The summed E-state index contributed by atoms with van der Waals surface area (Å²) in [6.07, 6.45) is 7.76. The summed E-state index contributed by atoms with van der Waals surface area (Å²) in [5, 5.41) is 12.0. The van der Waals surface area contributed by atoms with Gasteiger partial charge < -0.3 is 14.8 Å². The summed E-state index contributed by atoms with van der Waals surface area (Å²) >= 11 is 0. The number of ether oxygens (including phenoxy) is 2. The molecule has 0 radical (unpaired) electrons. The Morgan fingerprint density at radius 2 is 2.06 bits per heavy atom. The highest BCUT2D eigenvalue weighted by atomic mass is 16.5. The molecule has 3 aromatic rings. The van der Waals surface area contributed by atoms with Gasteiger partial charge in [0.2, 0.25) is 0 Å². The fourth-order valence-corrected chi connectivity index (χ4v) is 4.78. The van der Waals surface area contributed by atoms with E-state index in [-0.39, 0.29) is 18.0 Å². The molecule has 184 valence electrons. The first-order valence-corrected chi connectivity index (χ1v) is 12.3. The molecule has 3 aromatic heterocycles. The van der Waals surface area contributed by atoms with Gasteiger partial charge in [0.25, 0.3) is 0 Å². The molecule has 2 aliphatic rings. The van der Waals surface area contributed by atoms with Crippen LogP contribution in [0, 0.1) is 12.8 Å². The lowest BCUT2D eigenvalue weighted by Gasteiger charge is -2.28. The van der Waals surface area contributed by atoms with E-state index in [9.17, 15) is 4.79 Å². The van der Waals surface area contributed by atoms with Gasteiger partial charge in [-0.3, -0.25) is 4.79 Å². The first-order chi connectivity index (χ1) is 17.0. The van der Waals surface area contributed by atoms with Gasteiger partial charge in [-0.2, -0.15) is 0 Å². The largest absolute Gasteiger partial charge is 0.489 e. The highest BCUT2D eigenvalue weighted by Gasteiger charge is 2.29. The number of anilines is 1. The first-order valence-electron chi connectivity index (χ1n) is 12.3. The summed E-state index contributed by atoms with van der Waals surface area (Å²) in [5.74, 6) is 2.02. The van der Waals surface area contributed by atoms with Gasteiger partial charge in [0.05, 0.1) is 42.8 Å². The maximum absolute atomic E-state index is 11.9. The van der Waals surface area contributed by atoms with Crippen LogP contribution in [0.1, 0.15) is 61.4 Å². The molecule has 0 aliphatic heterocycles. The number of hydrogen-bond donors (Lipinski definition) is 1. The zero-order valence-corrected chi connectivity index (χ0v) is 20.5. The maximum Gasteiger partial charge on any atom is 0.308 e. The van der Waals surface area contributed by atoms with Gasteiger partial charge in [0.1, 0.15) is 17.3 Å². The van der Waals surface area contributed by atoms with Crippen molar-refractivity contribution >= 4 is 11.8 Å². The molecule has 2 atom stereocenters. The predicted molar refractivity (Wildman–Crippen MR) is 131 cm³/mol. The number of carbonyl (C=O) groups excluding carboxylic acids is 1. The van der Waals surface area contributed by atoms with Crippen molar-refractivity contribution < 1.29 is 14.3 Å². The molecule has 3 heterocycles. The smallest absolute Gasteiger partial charge is 0.308 e. The quantitative estimate of drug-likeness (QED) is 0.483. The minimum absolute atomic E-state index is 0.0191. The zero-order valence-electron chi connectivity index (χ0n) is 20.5. The molecule has 0 unspecified atom stereocenters. The van der Waals surface area contributed by atoms with E-state index < -0.39 is 0 Å². The van der Waals surface area contributed by atoms with Crippen molar-refractivity contribution in [3.63, 3.8) is 0 Å². The second-order valence-corrected chi connectivity index (χ2v) is 9.52. The highest BCUT2D eigenvalue weighted by Crippen LogP contribution is 2.40. The van der Waals surface area contributed by atoms with Gasteiger partial charge in [0.15, 0.2) is 0 Å². The number of nitrogens with one attached hydrogen (secondary N) is 1. The van der Waals surface area contributed by atoms with Crippen LogP contribution in [-0.2, 0) is 23.1 Å². The summed E-state index contributed by atoms with van der Waals surface area (Å²) in [6, 6.07) is 8.08. The summed E-state index contributed by atoms with van der Waals surface area (Å²) in [5.41, 5.74) is 4.53. The predicted octanol–water partition coefficient (Wildman–Crippen LogP) is 4.18. The van der Waals surface area contributed by atoms with Crippen LogP contribution in [0.25, 0.3) is 11.4 Å². The van der Waals surface area contributed by atoms with E-state index in [1.54, 1.807) is 4.68 Å². The maximum atomic E-state index is 11.9. The van der Waals surface area contributed by atoms with Crippen molar-refractivity contribution in [1.29, 1.82) is 0 Å². The summed E-state index contributed by atoms with van der Waals surface area (Å²) in [7, 11) is 3.32. The standard InChI is InChI=1S/C26H32N6O3/c1-16-23(35-20-6-4-5-19(13-20)26(33)34-3)10-9-21(29-16)25-22(32(2)31-30-25)15-28-24-14-18(11-12-27-24)17-7-8-17/h9-12,14,17,19-20H,4-8,13,15H2,1-3H3,(H,27,28)/t19-,20-/m0/s1. The van der Waals surface area contributed by atoms with Crippen LogP contribution in [0.2, 0.25) is 0 Å². The van der Waals surface area contributed by atoms with Crippen LogP contribution in [-0.4, -0.2) is 44.1 Å². The topological polar surface area (TPSA) is 104 Å². The van der Waals surface area contributed by atoms with Gasteiger partial charge in [-0.05, 0) is 81.2 Å². The van der Waals surface area contributed by atoms with Crippen LogP contribution in [0.4, 0.5) is 5.82 Å². The van der Waals surface area contributed by atoms with E-state index in [4.69, 9.17) is 14.5 Å². The van der Waals surface area contributed by atoms with Crippen molar-refractivity contribution in [3.05, 3.63) is 47.4 Å². The Bertz CT molecular complexity index is 1210. The number of rotatable bonds is 8. The summed E-state index contributed by atoms with van der Waals surface area (Å²) in [6.45, 7) is 2.47. The van der Waals surface area contributed by atoms with Gasteiger partial charge >= 0.3 is 5.97 Å². The monoisotopic (exact) mass is 476 g/mol. The Kier molecular flexibility index (Phi) is 6.66. The molecule has 9 heteroatoms. The lowest BCUT2D eigenvalue weighted by Crippen LogP contribution is -2.30. The Labute approximate surface area is 205 Å². The van der Waals surface area contributed by atoms with Gasteiger partial charge in [-0.15, -0.1) is 5.10 Å². The second-order valence-electron chi connectivity index (χ2n) is 9.52. The van der Waals surface area contributed by atoms with Crippen molar-refractivity contribution in [2.24, 2.45) is 13.0 Å². The molecule has 0 bridgehead atoms. The fourth-order valence-electron chi connectivity index (χ4n) is 4.78. The van der Waals surface area contributed by atoms with E-state index in [0.29, 0.717) is 18.9 Å². The van der Waals surface area contributed by atoms with Crippen LogP contribution in [0.3, 0.4) is 0 Å². The van der Waals surface area contributed by atoms with E-state index >= 15 is 0 Å².